The minimum atomic E-state index is -0.216. The predicted molar refractivity (Wildman–Crippen MR) is 112 cm³/mol. The van der Waals surface area contributed by atoms with Crippen LogP contribution in [0.15, 0.2) is 63.9 Å². The summed E-state index contributed by atoms with van der Waals surface area (Å²) in [6.45, 7) is 0.653. The third-order valence-corrected chi connectivity index (χ3v) is 5.41. The van der Waals surface area contributed by atoms with Crippen molar-refractivity contribution in [2.45, 2.75) is 25.8 Å². The van der Waals surface area contributed by atoms with Crippen LogP contribution < -0.4 is 10.9 Å². The van der Waals surface area contributed by atoms with Crippen molar-refractivity contribution < 1.29 is 9.32 Å². The summed E-state index contributed by atoms with van der Waals surface area (Å²) in [6.07, 6.45) is 2.87. The average molecular weight is 400 g/mol. The zero-order chi connectivity index (χ0) is 20.5. The molecule has 30 heavy (non-hydrogen) atoms. The van der Waals surface area contributed by atoms with Crippen LogP contribution in [0.3, 0.4) is 0 Å². The van der Waals surface area contributed by atoms with Crippen LogP contribution in [0.1, 0.15) is 28.0 Å². The fourth-order valence-corrected chi connectivity index (χ4v) is 3.86. The Balaban J connectivity index is 1.31. The van der Waals surface area contributed by atoms with Crippen molar-refractivity contribution in [2.75, 3.05) is 6.54 Å². The van der Waals surface area contributed by atoms with E-state index < -0.39 is 0 Å². The molecule has 0 fully saturated rings. The highest BCUT2D eigenvalue weighted by atomic mass is 16.5. The fourth-order valence-electron chi connectivity index (χ4n) is 3.86. The Morgan fingerprint density at radius 2 is 1.97 bits per heavy atom. The monoisotopic (exact) mass is 400 g/mol. The number of carbonyl (C=O) groups excluding carboxylic acids is 1. The van der Waals surface area contributed by atoms with Gasteiger partial charge in [-0.05, 0) is 43.0 Å². The molecule has 0 saturated heterocycles. The lowest BCUT2D eigenvalue weighted by Gasteiger charge is -2.08. The Morgan fingerprint density at radius 3 is 2.83 bits per heavy atom. The summed E-state index contributed by atoms with van der Waals surface area (Å²) in [4.78, 5) is 24.8. The molecular weight excluding hydrogens is 380 g/mol. The quantitative estimate of drug-likeness (QED) is 0.556. The predicted octanol–water partition coefficient (Wildman–Crippen LogP) is 2.97. The van der Waals surface area contributed by atoms with Crippen molar-refractivity contribution >= 4 is 16.8 Å². The van der Waals surface area contributed by atoms with Crippen LogP contribution in [-0.2, 0) is 19.4 Å². The van der Waals surface area contributed by atoms with E-state index >= 15 is 0 Å². The van der Waals surface area contributed by atoms with Gasteiger partial charge in [0.15, 0.2) is 5.76 Å². The number of hydrogen-bond donors (Lipinski definition) is 1. The van der Waals surface area contributed by atoms with Gasteiger partial charge in [0.25, 0.3) is 11.5 Å². The maximum Gasteiger partial charge on any atom is 0.267 e. The molecule has 150 valence electrons. The number of rotatable bonds is 5. The standard InChI is InChI=1S/C23H20N4O3/c28-21-14-16-7-4-8-19(16)25-27(21)12-11-24-23(29)17-9-10-20-18(13-17)22(30-26-20)15-5-2-1-3-6-15/h1-3,5-6,9-10,13-14H,4,7-8,11-12H2,(H,24,29). The zero-order valence-corrected chi connectivity index (χ0v) is 16.3. The highest BCUT2D eigenvalue weighted by Crippen LogP contribution is 2.29. The molecule has 5 rings (SSSR count). The summed E-state index contributed by atoms with van der Waals surface area (Å²) in [5.41, 5.74) is 4.03. The molecule has 2 heterocycles. The highest BCUT2D eigenvalue weighted by molar-refractivity contribution is 6.00. The maximum absolute atomic E-state index is 12.7. The topological polar surface area (TPSA) is 90.0 Å². The highest BCUT2D eigenvalue weighted by Gasteiger charge is 2.16. The Kier molecular flexibility index (Phi) is 4.63. The van der Waals surface area contributed by atoms with Gasteiger partial charge < -0.3 is 9.84 Å². The van der Waals surface area contributed by atoms with Crippen LogP contribution in [0, 0.1) is 0 Å². The lowest BCUT2D eigenvalue weighted by molar-refractivity contribution is 0.0952. The van der Waals surface area contributed by atoms with E-state index in [1.54, 1.807) is 24.3 Å². The van der Waals surface area contributed by atoms with Gasteiger partial charge in [-0.1, -0.05) is 35.5 Å². The first kappa shape index (κ1) is 18.3. The van der Waals surface area contributed by atoms with E-state index in [1.165, 1.54) is 4.68 Å². The molecular formula is C23H20N4O3. The molecule has 7 nitrogen and oxygen atoms in total. The molecule has 0 spiro atoms. The number of fused-ring (bicyclic) bond motifs is 2. The molecule has 7 heteroatoms. The molecule has 4 aromatic rings. The van der Waals surface area contributed by atoms with Crippen molar-refractivity contribution in [3.63, 3.8) is 0 Å². The molecule has 0 radical (unpaired) electrons. The van der Waals surface area contributed by atoms with Crippen molar-refractivity contribution in [2.24, 2.45) is 0 Å². The smallest absolute Gasteiger partial charge is 0.267 e. The first-order valence-corrected chi connectivity index (χ1v) is 10.0. The Hall–Kier alpha value is -3.74. The first-order valence-electron chi connectivity index (χ1n) is 10.0. The normalized spacial score (nSPS) is 12.8. The van der Waals surface area contributed by atoms with E-state index in [-0.39, 0.29) is 11.5 Å². The SMILES string of the molecule is O=C(NCCn1nc2c(cc1=O)CCC2)c1ccc2noc(-c3ccccc3)c2c1. The number of nitrogens with one attached hydrogen (secondary N) is 1. The van der Waals surface area contributed by atoms with Gasteiger partial charge in [-0.15, -0.1) is 0 Å². The van der Waals surface area contributed by atoms with Gasteiger partial charge >= 0.3 is 0 Å². The van der Waals surface area contributed by atoms with Crippen LogP contribution in [0.2, 0.25) is 0 Å². The summed E-state index contributed by atoms with van der Waals surface area (Å²) in [7, 11) is 0. The Morgan fingerprint density at radius 1 is 1.10 bits per heavy atom. The van der Waals surface area contributed by atoms with Crippen LogP contribution in [0.5, 0.6) is 0 Å². The summed E-state index contributed by atoms with van der Waals surface area (Å²) >= 11 is 0. The van der Waals surface area contributed by atoms with Gasteiger partial charge in [-0.2, -0.15) is 5.10 Å². The molecule has 2 aromatic carbocycles. The van der Waals surface area contributed by atoms with Gasteiger partial charge in [-0.3, -0.25) is 9.59 Å². The second kappa shape index (κ2) is 7.59. The Bertz CT molecular complexity index is 1290. The van der Waals surface area contributed by atoms with Gasteiger partial charge in [-0.25, -0.2) is 4.68 Å². The van der Waals surface area contributed by atoms with Crippen LogP contribution in [-0.4, -0.2) is 27.4 Å². The first-order chi connectivity index (χ1) is 14.7. The third kappa shape index (κ3) is 3.39. The van der Waals surface area contributed by atoms with Crippen LogP contribution >= 0.6 is 0 Å². The van der Waals surface area contributed by atoms with Crippen molar-refractivity contribution in [3.05, 3.63) is 81.8 Å². The second-order valence-corrected chi connectivity index (χ2v) is 7.40. The van der Waals surface area contributed by atoms with Gasteiger partial charge in [0.1, 0.15) is 5.52 Å². The summed E-state index contributed by atoms with van der Waals surface area (Å²) in [5.74, 6) is 0.417. The molecule has 0 saturated carbocycles. The van der Waals surface area contributed by atoms with Crippen molar-refractivity contribution in [1.29, 1.82) is 0 Å². The fraction of sp³-hybridized carbons (Fsp3) is 0.217. The molecule has 1 aliphatic carbocycles. The maximum atomic E-state index is 12.7. The Labute approximate surface area is 172 Å². The number of aryl methyl sites for hydroxylation is 2. The van der Waals surface area contributed by atoms with E-state index in [9.17, 15) is 9.59 Å². The third-order valence-electron chi connectivity index (χ3n) is 5.41. The minimum Gasteiger partial charge on any atom is -0.355 e. The molecule has 1 N–H and O–H groups in total. The molecule has 2 aromatic heterocycles. The lowest BCUT2D eigenvalue weighted by Crippen LogP contribution is -2.32. The summed E-state index contributed by atoms with van der Waals surface area (Å²) in [5, 5.41) is 12.2. The zero-order valence-electron chi connectivity index (χ0n) is 16.3. The van der Waals surface area contributed by atoms with E-state index in [1.807, 2.05) is 30.3 Å². The molecule has 1 amide bonds. The van der Waals surface area contributed by atoms with Gasteiger partial charge in [0.2, 0.25) is 0 Å². The van der Waals surface area contributed by atoms with E-state index in [0.717, 1.165) is 41.5 Å². The molecule has 0 bridgehead atoms. The van der Waals surface area contributed by atoms with E-state index in [2.05, 4.69) is 15.6 Å². The van der Waals surface area contributed by atoms with Crippen LogP contribution in [0.4, 0.5) is 0 Å². The lowest BCUT2D eigenvalue weighted by atomic mass is 10.1. The van der Waals surface area contributed by atoms with Crippen molar-refractivity contribution in [1.82, 2.24) is 20.3 Å². The number of nitrogens with zero attached hydrogens (tertiary/aromatic N) is 3. The molecule has 1 aliphatic rings. The molecule has 0 atom stereocenters. The molecule has 0 unspecified atom stereocenters. The minimum absolute atomic E-state index is 0.122. The summed E-state index contributed by atoms with van der Waals surface area (Å²) < 4.78 is 6.93. The van der Waals surface area contributed by atoms with Gasteiger partial charge in [0, 0.05) is 23.7 Å². The van der Waals surface area contributed by atoms with E-state index in [4.69, 9.17) is 4.52 Å². The van der Waals surface area contributed by atoms with Gasteiger partial charge in [0.05, 0.1) is 17.6 Å². The molecule has 0 aliphatic heterocycles. The average Bonchev–Trinajstić information content (AvgIpc) is 3.40. The number of hydrogen-bond acceptors (Lipinski definition) is 5. The number of carbonyl (C=O) groups is 1. The van der Waals surface area contributed by atoms with E-state index in [0.29, 0.717) is 29.9 Å². The number of amides is 1. The second-order valence-electron chi connectivity index (χ2n) is 7.40. The van der Waals surface area contributed by atoms with Crippen molar-refractivity contribution in [3.8, 4) is 11.3 Å². The number of benzene rings is 2. The largest absolute Gasteiger partial charge is 0.355 e. The summed E-state index contributed by atoms with van der Waals surface area (Å²) in [6, 6.07) is 16.6. The number of aromatic nitrogens is 3. The van der Waals surface area contributed by atoms with Crippen LogP contribution in [0.25, 0.3) is 22.2 Å².